The van der Waals surface area contributed by atoms with Crippen LogP contribution in [0.15, 0.2) is 221 Å². The fourth-order valence-corrected chi connectivity index (χ4v) is 27.6. The van der Waals surface area contributed by atoms with Crippen molar-refractivity contribution in [3.05, 3.63) is 279 Å². The lowest BCUT2D eigenvalue weighted by Gasteiger charge is -2.35. The molecule has 6 aliphatic carbocycles. The van der Waals surface area contributed by atoms with E-state index in [9.17, 15) is 0 Å². The zero-order valence-corrected chi connectivity index (χ0v) is 83.3. The molecule has 0 N–H and O–H groups in total. The molecule has 688 valence electrons. The maximum absolute atomic E-state index is 7.31. The van der Waals surface area contributed by atoms with Crippen LogP contribution in [0.3, 0.4) is 0 Å². The number of para-hydroxylation sites is 2. The van der Waals surface area contributed by atoms with Crippen LogP contribution in [0.5, 0.6) is 0 Å². The van der Waals surface area contributed by atoms with Gasteiger partial charge in [0, 0.05) is 76.7 Å². The third-order valence-corrected chi connectivity index (χ3v) is 34.5. The van der Waals surface area contributed by atoms with Gasteiger partial charge in [-0.2, -0.15) is 0 Å². The van der Waals surface area contributed by atoms with Gasteiger partial charge in [-0.05, 0) is 256 Å². The molecule has 0 saturated carbocycles. The SMILES string of the molecule is CCCCCCCCC1(CCCCCCCC)c2cc(N(c3ccc4c(c3)C(C)(C)c3cc(-c5ccc6c(c5)C(CCCCCCC)(CCCCCCC)c5ccccc5-6)ccc3-4)c3ccc4c(c3)C(C)(C)c3c5c(c6oc7ccccc7c6c3-4)-c3ccccc3C5(C)C)ccc2-c2cc3c(cc21)-c1c(ccc2oc4ccccc4c12)C3(CCCCCCCC)CCCCCCCC. The number of benzene rings is 12. The Balaban J connectivity index is 0.776. The minimum Gasteiger partial charge on any atom is -0.456 e. The van der Waals surface area contributed by atoms with E-state index in [4.69, 9.17) is 8.83 Å². The van der Waals surface area contributed by atoms with Crippen molar-refractivity contribution in [1.29, 1.82) is 0 Å². The van der Waals surface area contributed by atoms with Crippen LogP contribution in [0, 0.1) is 0 Å². The Labute approximate surface area is 798 Å². The molecule has 3 heteroatoms. The van der Waals surface area contributed by atoms with Crippen LogP contribution >= 0.6 is 0 Å². The second-order valence-corrected chi connectivity index (χ2v) is 43.9. The van der Waals surface area contributed by atoms with Crippen molar-refractivity contribution < 1.29 is 8.83 Å². The van der Waals surface area contributed by atoms with Gasteiger partial charge in [-0.15, -0.1) is 0 Å². The standard InChI is InChI=1S/C130H151NO2/c1-13-19-25-31-37-51-77-129(78-52-38-32-26-20-14-2)106-73-74-116-118(100-57-43-47-61-114(100)132-116)117(106)103-87-112-102(86-113(103)129)97-71-66-92(85-111(97)130(112,79-53-39-33-27-21-15-3)80-54-40-34-28-22-16-4)131(91-67-72-99-109(84-91)127(11,12)122-119(99)120-101-58-44-48-62-115(101)133-124(120)121-98-56-42-45-59-104(98)126(9,10)123(121)122)90-65-70-95-94-68-63-88(81-107(94)125(7,8)108(95)83-90)89-64-69-96-93-55-41-46-60-105(93)128(110(96)82-89,75-49-35-29-23-17-5)76-50-36-30-24-18-6/h41-48,55-74,81-87H,13-40,49-54,75-80H2,1-12H3. The van der Waals surface area contributed by atoms with Crippen molar-refractivity contribution in [2.24, 2.45) is 0 Å². The van der Waals surface area contributed by atoms with E-state index in [-0.39, 0.29) is 27.1 Å². The van der Waals surface area contributed by atoms with Gasteiger partial charge in [-0.25, -0.2) is 0 Å². The molecule has 0 unspecified atom stereocenters. The average molecular weight is 1760 g/mol. The van der Waals surface area contributed by atoms with Crippen molar-refractivity contribution in [2.75, 3.05) is 4.90 Å². The van der Waals surface area contributed by atoms with Gasteiger partial charge in [0.15, 0.2) is 0 Å². The van der Waals surface area contributed by atoms with Gasteiger partial charge in [0.05, 0.1) is 0 Å². The first kappa shape index (κ1) is 90.8. The van der Waals surface area contributed by atoms with Crippen LogP contribution in [0.1, 0.15) is 407 Å². The summed E-state index contributed by atoms with van der Waals surface area (Å²) in [4.78, 5) is 2.76. The van der Waals surface area contributed by atoms with E-state index in [1.54, 1.807) is 33.4 Å². The quantitative estimate of drug-likeness (QED) is 0.0357. The lowest BCUT2D eigenvalue weighted by Crippen LogP contribution is -2.27. The fourth-order valence-electron chi connectivity index (χ4n) is 27.6. The molecule has 6 aliphatic rings. The van der Waals surface area contributed by atoms with Gasteiger partial charge in [0.2, 0.25) is 0 Å². The van der Waals surface area contributed by atoms with Gasteiger partial charge in [-0.1, -0.05) is 435 Å². The minimum atomic E-state index is -0.399. The predicted molar refractivity (Wildman–Crippen MR) is 571 cm³/mol. The van der Waals surface area contributed by atoms with Gasteiger partial charge in [-0.3, -0.25) is 0 Å². The Morgan fingerprint density at radius 2 is 0.556 bits per heavy atom. The van der Waals surface area contributed by atoms with E-state index >= 15 is 0 Å². The van der Waals surface area contributed by atoms with E-state index in [0.717, 1.165) is 35.2 Å². The van der Waals surface area contributed by atoms with Crippen LogP contribution in [0.4, 0.5) is 17.1 Å². The molecule has 14 aromatic rings. The van der Waals surface area contributed by atoms with Gasteiger partial charge < -0.3 is 13.7 Å². The number of furan rings is 2. The molecule has 3 nitrogen and oxygen atoms in total. The molecule has 0 fully saturated rings. The Morgan fingerprint density at radius 1 is 0.218 bits per heavy atom. The molecule has 20 rings (SSSR count). The molecular weight excluding hydrogens is 1610 g/mol. The zero-order chi connectivity index (χ0) is 91.4. The van der Waals surface area contributed by atoms with Crippen molar-refractivity contribution in [3.8, 4) is 77.9 Å². The molecule has 0 radical (unpaired) electrons. The maximum atomic E-state index is 7.31. The summed E-state index contributed by atoms with van der Waals surface area (Å²) in [6.45, 7) is 29.4. The second-order valence-electron chi connectivity index (χ2n) is 43.9. The Morgan fingerprint density at radius 3 is 1.09 bits per heavy atom. The van der Waals surface area contributed by atoms with Crippen molar-refractivity contribution in [1.82, 2.24) is 0 Å². The molecule has 0 aliphatic heterocycles. The number of rotatable bonds is 44. The predicted octanol–water partition coefficient (Wildman–Crippen LogP) is 40.1. The monoisotopic (exact) mass is 1760 g/mol. The molecule has 12 aromatic carbocycles. The highest BCUT2D eigenvalue weighted by molar-refractivity contribution is 6.21. The van der Waals surface area contributed by atoms with Crippen LogP contribution in [-0.2, 0) is 32.5 Å². The van der Waals surface area contributed by atoms with Gasteiger partial charge >= 0.3 is 0 Å². The van der Waals surface area contributed by atoms with Crippen molar-refractivity contribution in [2.45, 2.75) is 372 Å². The maximum Gasteiger partial charge on any atom is 0.144 e. The summed E-state index contributed by atoms with van der Waals surface area (Å²) < 4.78 is 14.4. The summed E-state index contributed by atoms with van der Waals surface area (Å²) in [5, 5.41) is 5.03. The third-order valence-electron chi connectivity index (χ3n) is 34.5. The van der Waals surface area contributed by atoms with E-state index in [1.165, 1.54) is 394 Å². The number of anilines is 3. The summed E-state index contributed by atoms with van der Waals surface area (Å²) in [6, 6.07) is 86.4. The van der Waals surface area contributed by atoms with E-state index in [0.29, 0.717) is 0 Å². The first-order valence-electron chi connectivity index (χ1n) is 53.9. The number of unbranched alkanes of at least 4 members (excludes halogenated alkanes) is 28. The Hall–Kier alpha value is -9.96. The zero-order valence-electron chi connectivity index (χ0n) is 83.3. The van der Waals surface area contributed by atoms with Crippen molar-refractivity contribution >= 4 is 60.9 Å². The van der Waals surface area contributed by atoms with Crippen molar-refractivity contribution in [3.63, 3.8) is 0 Å². The first-order valence-corrected chi connectivity index (χ1v) is 53.9. The van der Waals surface area contributed by atoms with Gasteiger partial charge in [0.25, 0.3) is 0 Å². The van der Waals surface area contributed by atoms with E-state index in [2.05, 4.69) is 300 Å². The average Bonchev–Trinajstić information content (AvgIpc) is 1.50. The normalized spacial score (nSPS) is 15.6. The lowest BCUT2D eigenvalue weighted by atomic mass is 9.68. The smallest absolute Gasteiger partial charge is 0.144 e. The van der Waals surface area contributed by atoms with Crippen LogP contribution in [-0.4, -0.2) is 0 Å². The highest BCUT2D eigenvalue weighted by Crippen LogP contribution is 2.68. The number of hydrogen-bond donors (Lipinski definition) is 0. The Kier molecular flexibility index (Phi) is 25.9. The molecular formula is C130H151NO2. The van der Waals surface area contributed by atoms with E-state index < -0.39 is 5.41 Å². The van der Waals surface area contributed by atoms with Crippen LogP contribution in [0.2, 0.25) is 0 Å². The summed E-state index contributed by atoms with van der Waals surface area (Å²) >= 11 is 0. The van der Waals surface area contributed by atoms with Gasteiger partial charge in [0.1, 0.15) is 22.3 Å². The Bertz CT molecular complexity index is 6580. The molecule has 0 spiro atoms. The molecule has 2 aromatic heterocycles. The fraction of sp³-hybridized carbons (Fsp3) is 0.446. The highest BCUT2D eigenvalue weighted by atomic mass is 16.3. The number of nitrogens with zero attached hydrogens (tertiary/aromatic N) is 1. The van der Waals surface area contributed by atoms with Crippen LogP contribution in [0.25, 0.3) is 122 Å². The minimum absolute atomic E-state index is 0.00785. The summed E-state index contributed by atoms with van der Waals surface area (Å²) in [5.41, 5.74) is 43.6. The number of hydrogen-bond acceptors (Lipinski definition) is 3. The molecule has 2 heterocycles. The molecule has 133 heavy (non-hydrogen) atoms. The molecule has 0 atom stereocenters. The molecule has 0 bridgehead atoms. The number of fused-ring (bicyclic) bond motifs is 28. The summed E-state index contributed by atoms with van der Waals surface area (Å²) in [6.07, 6.45) is 50.7. The summed E-state index contributed by atoms with van der Waals surface area (Å²) in [7, 11) is 0. The lowest BCUT2D eigenvalue weighted by molar-refractivity contribution is 0.394. The first-order chi connectivity index (χ1) is 65.0. The third kappa shape index (κ3) is 15.6. The largest absolute Gasteiger partial charge is 0.456 e. The topological polar surface area (TPSA) is 29.5 Å². The van der Waals surface area contributed by atoms with E-state index in [1.807, 2.05) is 0 Å². The van der Waals surface area contributed by atoms with Crippen LogP contribution < -0.4 is 4.90 Å². The molecule has 0 saturated heterocycles. The highest BCUT2D eigenvalue weighted by Gasteiger charge is 2.53. The second kappa shape index (κ2) is 38.0. The summed E-state index contributed by atoms with van der Waals surface area (Å²) in [5.74, 6) is 0. The molecule has 0 amide bonds.